The van der Waals surface area contributed by atoms with Crippen LogP contribution in [0.5, 0.6) is 0 Å². The third-order valence-corrected chi connectivity index (χ3v) is 4.45. The van der Waals surface area contributed by atoms with Gasteiger partial charge in [-0.3, -0.25) is 14.5 Å². The summed E-state index contributed by atoms with van der Waals surface area (Å²) in [5.41, 5.74) is 2.17. The smallest absolute Gasteiger partial charge is 0.233 e. The molecule has 0 N–H and O–H groups in total. The zero-order chi connectivity index (χ0) is 16.2. The quantitative estimate of drug-likeness (QED) is 0.788. The number of halogens is 1. The molecule has 1 fully saturated rings. The first-order chi connectivity index (χ1) is 11.1. The molecule has 4 heteroatoms. The lowest BCUT2D eigenvalue weighted by Crippen LogP contribution is -2.33. The van der Waals surface area contributed by atoms with Crippen molar-refractivity contribution >= 4 is 23.4 Å². The summed E-state index contributed by atoms with van der Waals surface area (Å²) in [6.45, 7) is 0.457. The maximum Gasteiger partial charge on any atom is 0.233 e. The van der Waals surface area contributed by atoms with Gasteiger partial charge in [0.2, 0.25) is 11.8 Å². The van der Waals surface area contributed by atoms with Crippen molar-refractivity contribution in [1.82, 2.24) is 4.90 Å². The Kier molecular flexibility index (Phi) is 4.77. The van der Waals surface area contributed by atoms with Gasteiger partial charge in [0, 0.05) is 18.0 Å². The summed E-state index contributed by atoms with van der Waals surface area (Å²) in [4.78, 5) is 26.0. The summed E-state index contributed by atoms with van der Waals surface area (Å²) in [6, 6.07) is 17.3. The molecule has 0 spiro atoms. The van der Waals surface area contributed by atoms with Crippen LogP contribution < -0.4 is 0 Å². The van der Waals surface area contributed by atoms with Crippen LogP contribution in [0.15, 0.2) is 54.6 Å². The molecule has 1 heterocycles. The minimum absolute atomic E-state index is 0.0547. The second-order valence-electron chi connectivity index (χ2n) is 5.85. The molecule has 1 aliphatic heterocycles. The Morgan fingerprint density at radius 2 is 1.65 bits per heavy atom. The van der Waals surface area contributed by atoms with Gasteiger partial charge in [-0.15, -0.1) is 0 Å². The number of nitrogens with zero attached hydrogens (tertiary/aromatic N) is 1. The van der Waals surface area contributed by atoms with Crippen molar-refractivity contribution in [3.8, 4) is 0 Å². The molecule has 118 valence electrons. The third kappa shape index (κ3) is 3.80. The first kappa shape index (κ1) is 15.8. The highest BCUT2D eigenvalue weighted by atomic mass is 35.5. The SMILES string of the molecule is O=C1C[C@@H](Cc2ccc(Cl)cc2)C(=O)N1CCc1ccccc1. The van der Waals surface area contributed by atoms with E-state index in [-0.39, 0.29) is 17.7 Å². The predicted molar refractivity (Wildman–Crippen MR) is 90.1 cm³/mol. The Morgan fingerprint density at radius 1 is 0.957 bits per heavy atom. The van der Waals surface area contributed by atoms with Gasteiger partial charge >= 0.3 is 0 Å². The Bertz CT molecular complexity index is 697. The summed E-state index contributed by atoms with van der Waals surface area (Å²) in [7, 11) is 0. The van der Waals surface area contributed by atoms with Crippen LogP contribution in [0.1, 0.15) is 17.5 Å². The summed E-state index contributed by atoms with van der Waals surface area (Å²) >= 11 is 5.87. The summed E-state index contributed by atoms with van der Waals surface area (Å²) in [5.74, 6) is -0.370. The molecule has 0 radical (unpaired) electrons. The Labute approximate surface area is 140 Å². The zero-order valence-corrected chi connectivity index (χ0v) is 13.5. The number of rotatable bonds is 5. The van der Waals surface area contributed by atoms with Crippen LogP contribution in [0.4, 0.5) is 0 Å². The maximum absolute atomic E-state index is 12.5. The van der Waals surface area contributed by atoms with Crippen molar-refractivity contribution in [2.24, 2.45) is 5.92 Å². The highest BCUT2D eigenvalue weighted by Gasteiger charge is 2.37. The standard InChI is InChI=1S/C19H18ClNO2/c20-17-8-6-15(7-9-17)12-16-13-18(22)21(19(16)23)11-10-14-4-2-1-3-5-14/h1-9,16H,10-13H2/t16-/m1/s1. The van der Waals surface area contributed by atoms with Crippen molar-refractivity contribution in [3.63, 3.8) is 0 Å². The van der Waals surface area contributed by atoms with Gasteiger partial charge in [0.05, 0.1) is 5.92 Å². The topological polar surface area (TPSA) is 37.4 Å². The number of hydrogen-bond donors (Lipinski definition) is 0. The molecule has 0 saturated carbocycles. The third-order valence-electron chi connectivity index (χ3n) is 4.20. The summed E-state index contributed by atoms with van der Waals surface area (Å²) in [5, 5.41) is 0.673. The molecule has 3 rings (SSSR count). The lowest BCUT2D eigenvalue weighted by Gasteiger charge is -2.15. The molecular formula is C19H18ClNO2. The number of benzene rings is 2. The first-order valence-corrected chi connectivity index (χ1v) is 8.14. The summed E-state index contributed by atoms with van der Waals surface area (Å²) < 4.78 is 0. The lowest BCUT2D eigenvalue weighted by molar-refractivity contribution is -0.139. The normalized spacial score (nSPS) is 17.8. The van der Waals surface area contributed by atoms with Crippen LogP contribution in [0.2, 0.25) is 5.02 Å². The van der Waals surface area contributed by atoms with Crippen LogP contribution in [0, 0.1) is 5.92 Å². The van der Waals surface area contributed by atoms with Crippen molar-refractivity contribution in [2.75, 3.05) is 6.54 Å². The molecule has 2 aromatic rings. The first-order valence-electron chi connectivity index (χ1n) is 7.76. The van der Waals surface area contributed by atoms with Crippen LogP contribution in [0.3, 0.4) is 0 Å². The highest BCUT2D eigenvalue weighted by Crippen LogP contribution is 2.24. The van der Waals surface area contributed by atoms with Gasteiger partial charge in [-0.2, -0.15) is 0 Å². The van der Waals surface area contributed by atoms with Crippen molar-refractivity contribution in [3.05, 3.63) is 70.7 Å². The van der Waals surface area contributed by atoms with E-state index in [9.17, 15) is 9.59 Å². The molecule has 1 aliphatic rings. The highest BCUT2D eigenvalue weighted by molar-refractivity contribution is 6.30. The van der Waals surface area contributed by atoms with E-state index in [1.54, 1.807) is 0 Å². The molecule has 0 unspecified atom stereocenters. The van der Waals surface area contributed by atoms with Crippen molar-refractivity contribution in [2.45, 2.75) is 19.3 Å². The van der Waals surface area contributed by atoms with Gasteiger partial charge in [-0.25, -0.2) is 0 Å². The van der Waals surface area contributed by atoms with E-state index in [4.69, 9.17) is 11.6 Å². The van der Waals surface area contributed by atoms with Crippen LogP contribution in [-0.2, 0) is 22.4 Å². The Hall–Kier alpha value is -2.13. The monoisotopic (exact) mass is 327 g/mol. The molecule has 0 aromatic heterocycles. The van der Waals surface area contributed by atoms with E-state index in [0.717, 1.165) is 11.1 Å². The van der Waals surface area contributed by atoms with E-state index in [2.05, 4.69) is 0 Å². The maximum atomic E-state index is 12.5. The van der Waals surface area contributed by atoms with Gasteiger partial charge in [-0.05, 0) is 36.1 Å². The van der Waals surface area contributed by atoms with Crippen LogP contribution >= 0.6 is 11.6 Å². The molecule has 23 heavy (non-hydrogen) atoms. The number of hydrogen-bond acceptors (Lipinski definition) is 2. The Morgan fingerprint density at radius 3 is 2.35 bits per heavy atom. The van der Waals surface area contributed by atoms with Crippen molar-refractivity contribution < 1.29 is 9.59 Å². The van der Waals surface area contributed by atoms with E-state index in [1.165, 1.54) is 4.90 Å². The fraction of sp³-hybridized carbons (Fsp3) is 0.263. The average Bonchev–Trinajstić information content (AvgIpc) is 2.82. The fourth-order valence-electron chi connectivity index (χ4n) is 2.94. The van der Waals surface area contributed by atoms with E-state index in [0.29, 0.717) is 30.8 Å². The van der Waals surface area contributed by atoms with E-state index >= 15 is 0 Å². The zero-order valence-electron chi connectivity index (χ0n) is 12.7. The van der Waals surface area contributed by atoms with Crippen molar-refractivity contribution in [1.29, 1.82) is 0 Å². The second kappa shape index (κ2) is 6.97. The second-order valence-corrected chi connectivity index (χ2v) is 6.29. The molecule has 2 aromatic carbocycles. The van der Waals surface area contributed by atoms with Gasteiger partial charge in [0.25, 0.3) is 0 Å². The summed E-state index contributed by atoms with van der Waals surface area (Å²) in [6.07, 6.45) is 1.59. The molecule has 3 nitrogen and oxygen atoms in total. The van der Waals surface area contributed by atoms with E-state index in [1.807, 2.05) is 54.6 Å². The predicted octanol–water partition coefficient (Wildman–Crippen LogP) is 3.50. The molecule has 2 amide bonds. The molecule has 1 saturated heterocycles. The van der Waals surface area contributed by atoms with E-state index < -0.39 is 0 Å². The Balaban J connectivity index is 1.61. The fourth-order valence-corrected chi connectivity index (χ4v) is 3.06. The number of likely N-dealkylation sites (tertiary alicyclic amines) is 1. The van der Waals surface area contributed by atoms with Gasteiger partial charge in [-0.1, -0.05) is 54.1 Å². The van der Waals surface area contributed by atoms with Crippen LogP contribution in [-0.4, -0.2) is 23.3 Å². The minimum Gasteiger partial charge on any atom is -0.282 e. The van der Waals surface area contributed by atoms with Crippen LogP contribution in [0.25, 0.3) is 0 Å². The van der Waals surface area contributed by atoms with Gasteiger partial charge in [0.1, 0.15) is 0 Å². The minimum atomic E-state index is -0.251. The van der Waals surface area contributed by atoms with Gasteiger partial charge < -0.3 is 0 Å². The molecule has 1 atom stereocenters. The molecule has 0 aliphatic carbocycles. The van der Waals surface area contributed by atoms with Gasteiger partial charge in [0.15, 0.2) is 0 Å². The lowest BCUT2D eigenvalue weighted by atomic mass is 9.98. The molecule has 0 bridgehead atoms. The largest absolute Gasteiger partial charge is 0.282 e. The number of amides is 2. The number of carbonyl (C=O) groups excluding carboxylic acids is 2. The number of carbonyl (C=O) groups is 2. The number of imide groups is 1. The average molecular weight is 328 g/mol. The molecular weight excluding hydrogens is 310 g/mol.